The van der Waals surface area contributed by atoms with Crippen LogP contribution in [0.1, 0.15) is 61.9 Å². The first-order chi connectivity index (χ1) is 11.2. The van der Waals surface area contributed by atoms with Crippen molar-refractivity contribution in [3.8, 4) is 0 Å². The molecule has 0 aliphatic rings. The summed E-state index contributed by atoms with van der Waals surface area (Å²) < 4.78 is 5.15. The molecule has 4 heteroatoms. The fourth-order valence-corrected chi connectivity index (χ4v) is 2.22. The smallest absolute Gasteiger partial charge is 0.245 e. The molecule has 0 aliphatic heterocycles. The SMILES string of the molecule is CCCCc1ccc(C(=O)CCCNC(=O)COCCC)cc1. The van der Waals surface area contributed by atoms with Gasteiger partial charge in [-0.1, -0.05) is 44.5 Å². The second-order valence-electron chi connectivity index (χ2n) is 5.73. The summed E-state index contributed by atoms with van der Waals surface area (Å²) in [4.78, 5) is 23.5. The van der Waals surface area contributed by atoms with Crippen molar-refractivity contribution in [3.63, 3.8) is 0 Å². The van der Waals surface area contributed by atoms with Crippen molar-refractivity contribution in [1.29, 1.82) is 0 Å². The molecule has 0 atom stereocenters. The van der Waals surface area contributed by atoms with Crippen molar-refractivity contribution in [3.05, 3.63) is 35.4 Å². The number of unbranched alkanes of at least 4 members (excludes halogenated alkanes) is 1. The fourth-order valence-electron chi connectivity index (χ4n) is 2.22. The zero-order valence-electron chi connectivity index (χ0n) is 14.4. The van der Waals surface area contributed by atoms with Gasteiger partial charge in [0.15, 0.2) is 5.78 Å². The van der Waals surface area contributed by atoms with Crippen LogP contribution in [0.15, 0.2) is 24.3 Å². The maximum atomic E-state index is 12.1. The molecule has 4 nitrogen and oxygen atoms in total. The molecule has 0 spiro atoms. The maximum absolute atomic E-state index is 12.1. The molecule has 0 aliphatic carbocycles. The van der Waals surface area contributed by atoms with Gasteiger partial charge in [0.05, 0.1) is 0 Å². The molecule has 1 amide bonds. The Hall–Kier alpha value is -1.68. The molecule has 1 aromatic carbocycles. The number of hydrogen-bond acceptors (Lipinski definition) is 3. The number of aryl methyl sites for hydroxylation is 1. The highest BCUT2D eigenvalue weighted by molar-refractivity contribution is 5.96. The lowest BCUT2D eigenvalue weighted by Gasteiger charge is -2.06. The van der Waals surface area contributed by atoms with Crippen molar-refractivity contribution in [2.75, 3.05) is 19.8 Å². The minimum Gasteiger partial charge on any atom is -0.372 e. The molecule has 23 heavy (non-hydrogen) atoms. The van der Waals surface area contributed by atoms with Gasteiger partial charge in [-0.25, -0.2) is 0 Å². The van der Waals surface area contributed by atoms with Crippen LogP contribution in [0.2, 0.25) is 0 Å². The predicted molar refractivity (Wildman–Crippen MR) is 92.7 cm³/mol. The van der Waals surface area contributed by atoms with E-state index in [2.05, 4.69) is 12.2 Å². The lowest BCUT2D eigenvalue weighted by molar-refractivity contribution is -0.125. The monoisotopic (exact) mass is 319 g/mol. The van der Waals surface area contributed by atoms with Gasteiger partial charge in [0.25, 0.3) is 0 Å². The van der Waals surface area contributed by atoms with Crippen LogP contribution in [-0.4, -0.2) is 31.4 Å². The van der Waals surface area contributed by atoms with Gasteiger partial charge in [0, 0.05) is 25.1 Å². The first-order valence-corrected chi connectivity index (χ1v) is 8.64. The number of carbonyl (C=O) groups excluding carboxylic acids is 2. The second-order valence-corrected chi connectivity index (χ2v) is 5.73. The molecule has 0 radical (unpaired) electrons. The molecule has 1 aromatic rings. The van der Waals surface area contributed by atoms with Crippen molar-refractivity contribution in [2.45, 2.75) is 52.4 Å². The van der Waals surface area contributed by atoms with Crippen LogP contribution in [-0.2, 0) is 16.0 Å². The van der Waals surface area contributed by atoms with E-state index in [0.717, 1.165) is 18.4 Å². The first kappa shape index (κ1) is 19.4. The molecular weight excluding hydrogens is 290 g/mol. The van der Waals surface area contributed by atoms with Crippen LogP contribution in [0, 0.1) is 0 Å². The highest BCUT2D eigenvalue weighted by Gasteiger charge is 2.06. The van der Waals surface area contributed by atoms with E-state index in [1.165, 1.54) is 18.4 Å². The number of ether oxygens (including phenoxy) is 1. The number of rotatable bonds is 12. The Morgan fingerprint density at radius 2 is 1.78 bits per heavy atom. The average Bonchev–Trinajstić information content (AvgIpc) is 2.57. The number of nitrogens with one attached hydrogen (secondary N) is 1. The quantitative estimate of drug-likeness (QED) is 0.473. The summed E-state index contributed by atoms with van der Waals surface area (Å²) in [5.41, 5.74) is 2.03. The maximum Gasteiger partial charge on any atom is 0.245 e. The summed E-state index contributed by atoms with van der Waals surface area (Å²) in [5.74, 6) is 0.00898. The zero-order chi connectivity index (χ0) is 16.9. The van der Waals surface area contributed by atoms with Gasteiger partial charge in [-0.2, -0.15) is 0 Å². The van der Waals surface area contributed by atoms with E-state index >= 15 is 0 Å². The first-order valence-electron chi connectivity index (χ1n) is 8.64. The third kappa shape index (κ3) is 8.50. The Kier molecular flexibility index (Phi) is 9.96. The Morgan fingerprint density at radius 3 is 2.43 bits per heavy atom. The summed E-state index contributed by atoms with van der Waals surface area (Å²) in [6.45, 7) is 5.38. The molecule has 0 bridgehead atoms. The number of carbonyl (C=O) groups is 2. The van der Waals surface area contributed by atoms with E-state index in [1.807, 2.05) is 31.2 Å². The van der Waals surface area contributed by atoms with Crippen molar-refractivity contribution in [2.24, 2.45) is 0 Å². The van der Waals surface area contributed by atoms with E-state index in [0.29, 0.717) is 26.0 Å². The van der Waals surface area contributed by atoms with E-state index in [4.69, 9.17) is 4.74 Å². The van der Waals surface area contributed by atoms with Crippen LogP contribution in [0.3, 0.4) is 0 Å². The standard InChI is InChI=1S/C19H29NO3/c1-3-5-7-16-9-11-17(12-10-16)18(21)8-6-13-20-19(22)15-23-14-4-2/h9-12H,3-8,13-15H2,1-2H3,(H,20,22). The number of Topliss-reactive ketones (excluding diaryl/α,β-unsaturated/α-hetero) is 1. The van der Waals surface area contributed by atoms with Gasteiger partial charge in [0.2, 0.25) is 5.91 Å². The second kappa shape index (κ2) is 11.8. The molecule has 0 fully saturated rings. The Bertz CT molecular complexity index is 468. The molecule has 1 rings (SSSR count). The van der Waals surface area contributed by atoms with Gasteiger partial charge in [-0.3, -0.25) is 9.59 Å². The van der Waals surface area contributed by atoms with Crippen LogP contribution in [0.25, 0.3) is 0 Å². The van der Waals surface area contributed by atoms with E-state index in [-0.39, 0.29) is 18.3 Å². The van der Waals surface area contributed by atoms with E-state index < -0.39 is 0 Å². The van der Waals surface area contributed by atoms with Crippen molar-refractivity contribution < 1.29 is 14.3 Å². The summed E-state index contributed by atoms with van der Waals surface area (Å²) in [5, 5.41) is 2.76. The minimum absolute atomic E-state index is 0.0982. The summed E-state index contributed by atoms with van der Waals surface area (Å²) >= 11 is 0. The average molecular weight is 319 g/mol. The molecule has 1 N–H and O–H groups in total. The van der Waals surface area contributed by atoms with E-state index in [1.54, 1.807) is 0 Å². The van der Waals surface area contributed by atoms with Crippen LogP contribution in [0.5, 0.6) is 0 Å². The number of benzene rings is 1. The lowest BCUT2D eigenvalue weighted by Crippen LogP contribution is -2.28. The predicted octanol–water partition coefficient (Wildman–Crippen LogP) is 3.53. The van der Waals surface area contributed by atoms with Gasteiger partial charge in [0.1, 0.15) is 6.61 Å². The van der Waals surface area contributed by atoms with Gasteiger partial charge < -0.3 is 10.1 Å². The molecule has 0 saturated carbocycles. The highest BCUT2D eigenvalue weighted by Crippen LogP contribution is 2.10. The molecule has 0 unspecified atom stereocenters. The minimum atomic E-state index is -0.119. The molecule has 0 saturated heterocycles. The largest absolute Gasteiger partial charge is 0.372 e. The third-order valence-corrected chi connectivity index (χ3v) is 3.58. The third-order valence-electron chi connectivity index (χ3n) is 3.58. The summed E-state index contributed by atoms with van der Waals surface area (Å²) in [6.07, 6.45) is 5.42. The Balaban J connectivity index is 2.22. The Morgan fingerprint density at radius 1 is 1.04 bits per heavy atom. The van der Waals surface area contributed by atoms with Crippen LogP contribution >= 0.6 is 0 Å². The molecule has 0 aromatic heterocycles. The van der Waals surface area contributed by atoms with Crippen molar-refractivity contribution in [1.82, 2.24) is 5.32 Å². The van der Waals surface area contributed by atoms with Gasteiger partial charge >= 0.3 is 0 Å². The Labute approximate surface area is 139 Å². The van der Waals surface area contributed by atoms with E-state index in [9.17, 15) is 9.59 Å². The molecule has 0 heterocycles. The topological polar surface area (TPSA) is 55.4 Å². The number of hydrogen-bond donors (Lipinski definition) is 1. The van der Waals surface area contributed by atoms with Crippen molar-refractivity contribution >= 4 is 11.7 Å². The molecular formula is C19H29NO3. The lowest BCUT2D eigenvalue weighted by atomic mass is 10.0. The normalized spacial score (nSPS) is 10.5. The van der Waals surface area contributed by atoms with Gasteiger partial charge in [-0.15, -0.1) is 0 Å². The van der Waals surface area contributed by atoms with Crippen LogP contribution in [0.4, 0.5) is 0 Å². The summed E-state index contributed by atoms with van der Waals surface area (Å²) in [7, 11) is 0. The summed E-state index contributed by atoms with van der Waals surface area (Å²) in [6, 6.07) is 7.89. The fraction of sp³-hybridized carbons (Fsp3) is 0.579. The number of ketones is 1. The molecule has 128 valence electrons. The zero-order valence-corrected chi connectivity index (χ0v) is 14.4. The number of amides is 1. The van der Waals surface area contributed by atoms with Gasteiger partial charge in [-0.05, 0) is 31.2 Å². The van der Waals surface area contributed by atoms with Crippen LogP contribution < -0.4 is 5.32 Å². The highest BCUT2D eigenvalue weighted by atomic mass is 16.5.